The lowest BCUT2D eigenvalue weighted by Gasteiger charge is -2.18. The second-order valence-electron chi connectivity index (χ2n) is 21.6. The quantitative estimate of drug-likeness (QED) is 0.0261. The van der Waals surface area contributed by atoms with E-state index in [4.69, 9.17) is 14.2 Å². The van der Waals surface area contributed by atoms with Gasteiger partial charge >= 0.3 is 17.9 Å². The van der Waals surface area contributed by atoms with Crippen LogP contribution in [0.3, 0.4) is 0 Å². The molecule has 0 fully saturated rings. The number of esters is 3. The molecule has 0 spiro atoms. The van der Waals surface area contributed by atoms with E-state index in [-0.39, 0.29) is 31.1 Å². The van der Waals surface area contributed by atoms with Gasteiger partial charge in [-0.15, -0.1) is 0 Å². The van der Waals surface area contributed by atoms with Crippen LogP contribution in [0, 0.1) is 0 Å². The standard InChI is InChI=1S/C69H122O6/c1-4-7-10-13-16-18-20-22-24-26-27-28-29-30-31-32-33-34-35-36-37-38-39-40-41-43-44-46-48-50-53-56-59-62-68(71)74-65-66(64-73-67(70)61-58-55-52-15-12-9-6-3)75-69(72)63-60-57-54-51-49-47-45-42-25-23-21-19-17-14-11-8-5-2/h8,11,17,19-20,22-23,25-27,45,47,66H,4-7,9-10,12-16,18,21,24,28-44,46,48-65H2,1-3H3/b11-8-,19-17-,22-20-,25-23-,27-26-,47-45-. The minimum Gasteiger partial charge on any atom is -0.462 e. The molecule has 0 heterocycles. The summed E-state index contributed by atoms with van der Waals surface area (Å²) in [6.45, 7) is 6.48. The van der Waals surface area contributed by atoms with Crippen LogP contribution in [-0.4, -0.2) is 37.2 Å². The van der Waals surface area contributed by atoms with Crippen molar-refractivity contribution in [2.24, 2.45) is 0 Å². The molecule has 434 valence electrons. The number of unbranched alkanes of at least 4 members (excludes halogenated alkanes) is 36. The van der Waals surface area contributed by atoms with E-state index in [0.717, 1.165) is 103 Å². The van der Waals surface area contributed by atoms with Crippen molar-refractivity contribution < 1.29 is 28.6 Å². The van der Waals surface area contributed by atoms with Crippen LogP contribution in [0.4, 0.5) is 0 Å². The number of hydrogen-bond donors (Lipinski definition) is 0. The van der Waals surface area contributed by atoms with E-state index in [1.807, 2.05) is 0 Å². The molecule has 75 heavy (non-hydrogen) atoms. The molecule has 0 bridgehead atoms. The minimum absolute atomic E-state index is 0.0820. The highest BCUT2D eigenvalue weighted by molar-refractivity contribution is 5.71. The van der Waals surface area contributed by atoms with Crippen molar-refractivity contribution in [3.63, 3.8) is 0 Å². The van der Waals surface area contributed by atoms with Gasteiger partial charge in [-0.25, -0.2) is 0 Å². The normalized spacial score (nSPS) is 12.5. The summed E-state index contributed by atoms with van der Waals surface area (Å²) in [5.74, 6) is -0.900. The third-order valence-corrected chi connectivity index (χ3v) is 14.2. The van der Waals surface area contributed by atoms with Crippen molar-refractivity contribution in [1.29, 1.82) is 0 Å². The Balaban J connectivity index is 4.01. The molecule has 0 aliphatic heterocycles. The third-order valence-electron chi connectivity index (χ3n) is 14.2. The Morgan fingerprint density at radius 1 is 0.280 bits per heavy atom. The molecule has 0 amide bonds. The summed E-state index contributed by atoms with van der Waals surface area (Å²) in [6.07, 6.45) is 82.4. The van der Waals surface area contributed by atoms with Crippen LogP contribution < -0.4 is 0 Å². The monoisotopic (exact) mass is 1050 g/mol. The van der Waals surface area contributed by atoms with Crippen molar-refractivity contribution in [3.8, 4) is 0 Å². The van der Waals surface area contributed by atoms with Crippen LogP contribution in [0.25, 0.3) is 0 Å². The van der Waals surface area contributed by atoms with Gasteiger partial charge in [-0.2, -0.15) is 0 Å². The van der Waals surface area contributed by atoms with Crippen LogP contribution in [0.15, 0.2) is 72.9 Å². The fourth-order valence-corrected chi connectivity index (χ4v) is 9.35. The molecule has 6 heteroatoms. The van der Waals surface area contributed by atoms with Gasteiger partial charge in [-0.1, -0.05) is 293 Å². The predicted octanol–water partition coefficient (Wildman–Crippen LogP) is 22.1. The lowest BCUT2D eigenvalue weighted by atomic mass is 10.0. The average Bonchev–Trinajstić information content (AvgIpc) is 3.41. The summed E-state index contributed by atoms with van der Waals surface area (Å²) >= 11 is 0. The minimum atomic E-state index is -0.784. The van der Waals surface area contributed by atoms with Crippen LogP contribution in [0.5, 0.6) is 0 Å². The van der Waals surface area contributed by atoms with E-state index in [1.165, 1.54) is 186 Å². The summed E-state index contributed by atoms with van der Waals surface area (Å²) < 4.78 is 16.8. The number of carbonyl (C=O) groups excluding carboxylic acids is 3. The highest BCUT2D eigenvalue weighted by Crippen LogP contribution is 2.17. The summed E-state index contributed by atoms with van der Waals surface area (Å²) in [7, 11) is 0. The van der Waals surface area contributed by atoms with Crippen molar-refractivity contribution >= 4 is 17.9 Å². The maximum absolute atomic E-state index is 12.8. The topological polar surface area (TPSA) is 78.9 Å². The summed E-state index contributed by atoms with van der Waals surface area (Å²) in [6, 6.07) is 0. The Morgan fingerprint density at radius 3 is 0.813 bits per heavy atom. The smallest absolute Gasteiger partial charge is 0.306 e. The molecule has 0 aromatic rings. The van der Waals surface area contributed by atoms with Gasteiger partial charge in [0.25, 0.3) is 0 Å². The SMILES string of the molecule is CC/C=C\C/C=C\C/C=C\C/C=C\CCCCCCC(=O)OC(COC(=O)CCCCCCCCC)COC(=O)CCCCCCCCCCCCCCCCCCCCCCC/C=C\C/C=C\CCCCCCC. The van der Waals surface area contributed by atoms with E-state index in [0.29, 0.717) is 19.3 Å². The number of allylic oxidation sites excluding steroid dienone is 12. The third kappa shape index (κ3) is 61.6. The maximum atomic E-state index is 12.8. The first-order chi connectivity index (χ1) is 37.0. The summed E-state index contributed by atoms with van der Waals surface area (Å²) in [5.41, 5.74) is 0. The zero-order valence-corrected chi connectivity index (χ0v) is 49.8. The largest absolute Gasteiger partial charge is 0.462 e. The lowest BCUT2D eigenvalue weighted by molar-refractivity contribution is -0.167. The maximum Gasteiger partial charge on any atom is 0.306 e. The number of ether oxygens (including phenoxy) is 3. The Morgan fingerprint density at radius 2 is 0.520 bits per heavy atom. The molecular formula is C69H122O6. The van der Waals surface area contributed by atoms with Gasteiger partial charge < -0.3 is 14.2 Å². The summed E-state index contributed by atoms with van der Waals surface area (Å²) in [5, 5.41) is 0. The Bertz CT molecular complexity index is 1390. The second kappa shape index (κ2) is 63.4. The van der Waals surface area contributed by atoms with Gasteiger partial charge in [-0.3, -0.25) is 14.4 Å². The number of rotatable bonds is 59. The molecule has 0 aliphatic rings. The molecule has 0 aromatic carbocycles. The first-order valence-corrected chi connectivity index (χ1v) is 32.4. The summed E-state index contributed by atoms with van der Waals surface area (Å²) in [4.78, 5) is 38.0. The molecule has 0 N–H and O–H groups in total. The lowest BCUT2D eigenvalue weighted by Crippen LogP contribution is -2.30. The molecular weight excluding hydrogens is 925 g/mol. The molecule has 1 atom stereocenters. The molecule has 0 aromatic heterocycles. The molecule has 0 radical (unpaired) electrons. The van der Waals surface area contributed by atoms with Gasteiger partial charge in [0.15, 0.2) is 6.10 Å². The number of carbonyl (C=O) groups is 3. The molecule has 0 saturated carbocycles. The van der Waals surface area contributed by atoms with Crippen molar-refractivity contribution in [3.05, 3.63) is 72.9 Å². The Hall–Kier alpha value is -3.15. The first-order valence-electron chi connectivity index (χ1n) is 32.4. The van der Waals surface area contributed by atoms with E-state index < -0.39 is 6.10 Å². The Labute approximate surface area is 465 Å². The molecule has 0 rings (SSSR count). The van der Waals surface area contributed by atoms with Crippen LogP contribution in [0.1, 0.15) is 329 Å². The highest BCUT2D eigenvalue weighted by atomic mass is 16.6. The number of hydrogen-bond acceptors (Lipinski definition) is 6. The van der Waals surface area contributed by atoms with E-state index in [2.05, 4.69) is 93.7 Å². The van der Waals surface area contributed by atoms with Gasteiger partial charge in [0.2, 0.25) is 0 Å². The molecule has 1 unspecified atom stereocenters. The molecule has 0 saturated heterocycles. The first kappa shape index (κ1) is 71.8. The second-order valence-corrected chi connectivity index (χ2v) is 21.6. The predicted molar refractivity (Wildman–Crippen MR) is 325 cm³/mol. The van der Waals surface area contributed by atoms with Gasteiger partial charge in [0, 0.05) is 19.3 Å². The van der Waals surface area contributed by atoms with E-state index in [1.54, 1.807) is 0 Å². The fraction of sp³-hybridized carbons (Fsp3) is 0.783. The molecule has 0 aliphatic carbocycles. The van der Waals surface area contributed by atoms with Crippen LogP contribution >= 0.6 is 0 Å². The van der Waals surface area contributed by atoms with Crippen LogP contribution in [-0.2, 0) is 28.6 Å². The van der Waals surface area contributed by atoms with Crippen molar-refractivity contribution in [2.45, 2.75) is 335 Å². The van der Waals surface area contributed by atoms with E-state index >= 15 is 0 Å². The van der Waals surface area contributed by atoms with Gasteiger partial charge in [-0.05, 0) is 89.9 Å². The molecule has 6 nitrogen and oxygen atoms in total. The van der Waals surface area contributed by atoms with Crippen LogP contribution in [0.2, 0.25) is 0 Å². The zero-order chi connectivity index (χ0) is 54.3. The van der Waals surface area contributed by atoms with Gasteiger partial charge in [0.05, 0.1) is 0 Å². The van der Waals surface area contributed by atoms with Gasteiger partial charge in [0.1, 0.15) is 13.2 Å². The zero-order valence-electron chi connectivity index (χ0n) is 49.8. The van der Waals surface area contributed by atoms with Crippen molar-refractivity contribution in [1.82, 2.24) is 0 Å². The van der Waals surface area contributed by atoms with Crippen molar-refractivity contribution in [2.75, 3.05) is 13.2 Å². The Kier molecular flexibility index (Phi) is 60.7. The fourth-order valence-electron chi connectivity index (χ4n) is 9.35. The van der Waals surface area contributed by atoms with E-state index in [9.17, 15) is 14.4 Å². The highest BCUT2D eigenvalue weighted by Gasteiger charge is 2.19. The average molecular weight is 1050 g/mol.